The Balaban J connectivity index is 2.09. The molecule has 0 unspecified atom stereocenters. The third-order valence-corrected chi connectivity index (χ3v) is 5.59. The molecule has 0 spiro atoms. The first-order chi connectivity index (χ1) is 14.0. The molecule has 0 bridgehead atoms. The topological polar surface area (TPSA) is 104 Å². The van der Waals surface area contributed by atoms with Crippen molar-refractivity contribution in [3.8, 4) is 16.9 Å². The molecule has 0 aliphatic heterocycles. The monoisotopic (exact) mass is 437 g/mol. The molecule has 0 saturated carbocycles. The number of aromatic hydroxyl groups is 1. The third-order valence-electron chi connectivity index (χ3n) is 4.16. The molecule has 0 atom stereocenters. The van der Waals surface area contributed by atoms with Crippen LogP contribution in [0.15, 0.2) is 71.6 Å². The first-order valence-corrected chi connectivity index (χ1v) is 9.83. The summed E-state index contributed by atoms with van der Waals surface area (Å²) < 4.78 is 67.9. The molecule has 0 amide bonds. The number of hydrogen-bond acceptors (Lipinski definition) is 4. The highest BCUT2D eigenvalue weighted by Crippen LogP contribution is 2.37. The van der Waals surface area contributed by atoms with Gasteiger partial charge in [0.25, 0.3) is 10.0 Å². The van der Waals surface area contributed by atoms with Crippen molar-refractivity contribution in [2.75, 3.05) is 4.72 Å². The Morgan fingerprint density at radius 3 is 2.13 bits per heavy atom. The van der Waals surface area contributed by atoms with Crippen LogP contribution < -0.4 is 4.72 Å². The third kappa shape index (κ3) is 4.38. The van der Waals surface area contributed by atoms with Crippen molar-refractivity contribution in [3.05, 3.63) is 77.9 Å². The van der Waals surface area contributed by atoms with E-state index in [1.165, 1.54) is 6.07 Å². The number of carboxylic acids is 1. The summed E-state index contributed by atoms with van der Waals surface area (Å²) in [6.45, 7) is 0. The first-order valence-electron chi connectivity index (χ1n) is 8.35. The molecule has 0 fully saturated rings. The van der Waals surface area contributed by atoms with Crippen LogP contribution in [0.5, 0.6) is 5.75 Å². The SMILES string of the molecule is O=C(O)c1ccc(NS(=O)(=O)c2cc(-c3ccccc3)ccc2C(F)(F)F)cc1O. The number of nitrogens with one attached hydrogen (secondary N) is 1. The van der Waals surface area contributed by atoms with E-state index in [-0.39, 0.29) is 11.3 Å². The van der Waals surface area contributed by atoms with Gasteiger partial charge >= 0.3 is 12.1 Å². The molecular weight excluding hydrogens is 423 g/mol. The average molecular weight is 437 g/mol. The van der Waals surface area contributed by atoms with Crippen molar-refractivity contribution in [1.29, 1.82) is 0 Å². The van der Waals surface area contributed by atoms with Gasteiger partial charge in [-0.15, -0.1) is 0 Å². The fraction of sp³-hybridized carbons (Fsp3) is 0.0500. The maximum atomic E-state index is 13.5. The van der Waals surface area contributed by atoms with E-state index >= 15 is 0 Å². The van der Waals surface area contributed by atoms with Crippen LogP contribution in [0, 0.1) is 0 Å². The number of carboxylic acid groups (broad SMARTS) is 1. The van der Waals surface area contributed by atoms with Gasteiger partial charge in [0.05, 0.1) is 11.3 Å². The van der Waals surface area contributed by atoms with E-state index in [0.717, 1.165) is 24.3 Å². The fourth-order valence-electron chi connectivity index (χ4n) is 2.78. The van der Waals surface area contributed by atoms with Crippen LogP contribution in [0.25, 0.3) is 11.1 Å². The van der Waals surface area contributed by atoms with Crippen molar-refractivity contribution in [2.24, 2.45) is 0 Å². The Morgan fingerprint density at radius 1 is 0.900 bits per heavy atom. The number of benzene rings is 3. The molecule has 3 rings (SSSR count). The van der Waals surface area contributed by atoms with Gasteiger partial charge in [0.15, 0.2) is 0 Å². The maximum Gasteiger partial charge on any atom is 0.417 e. The average Bonchev–Trinajstić information content (AvgIpc) is 2.67. The number of anilines is 1. The number of sulfonamides is 1. The van der Waals surface area contributed by atoms with Crippen molar-refractivity contribution >= 4 is 21.7 Å². The zero-order valence-electron chi connectivity index (χ0n) is 15.0. The molecule has 0 saturated heterocycles. The molecule has 3 N–H and O–H groups in total. The minimum atomic E-state index is -4.94. The predicted octanol–water partition coefficient (Wildman–Crippen LogP) is 4.58. The Bertz CT molecular complexity index is 1210. The quantitative estimate of drug-likeness (QED) is 0.542. The molecule has 0 heterocycles. The van der Waals surface area contributed by atoms with Crippen molar-refractivity contribution in [3.63, 3.8) is 0 Å². The highest BCUT2D eigenvalue weighted by Gasteiger charge is 2.37. The summed E-state index contributed by atoms with van der Waals surface area (Å²) in [5.74, 6) is -2.19. The molecule has 6 nitrogen and oxygen atoms in total. The van der Waals surface area contributed by atoms with Crippen molar-refractivity contribution in [2.45, 2.75) is 11.1 Å². The molecule has 0 radical (unpaired) electrons. The van der Waals surface area contributed by atoms with Gasteiger partial charge in [-0.1, -0.05) is 36.4 Å². The molecule has 0 aliphatic carbocycles. The Labute approximate surface area is 169 Å². The molecule has 30 heavy (non-hydrogen) atoms. The molecule has 10 heteroatoms. The first kappa shape index (κ1) is 21.2. The zero-order valence-corrected chi connectivity index (χ0v) is 15.8. The van der Waals surface area contributed by atoms with Gasteiger partial charge in [-0.25, -0.2) is 13.2 Å². The van der Waals surface area contributed by atoms with Crippen LogP contribution in [0.4, 0.5) is 18.9 Å². The Kier molecular flexibility index (Phi) is 5.45. The number of hydrogen-bond donors (Lipinski definition) is 3. The lowest BCUT2D eigenvalue weighted by atomic mass is 10.0. The van der Waals surface area contributed by atoms with Crippen LogP contribution in [0.3, 0.4) is 0 Å². The second-order valence-corrected chi connectivity index (χ2v) is 7.87. The molecule has 3 aromatic carbocycles. The lowest BCUT2D eigenvalue weighted by molar-refractivity contribution is -0.139. The normalized spacial score (nSPS) is 11.8. The second-order valence-electron chi connectivity index (χ2n) is 6.22. The van der Waals surface area contributed by atoms with E-state index in [2.05, 4.69) is 0 Å². The van der Waals surface area contributed by atoms with Crippen LogP contribution in [-0.2, 0) is 16.2 Å². The van der Waals surface area contributed by atoms with E-state index < -0.39 is 43.9 Å². The smallest absolute Gasteiger partial charge is 0.417 e. The van der Waals surface area contributed by atoms with Crippen LogP contribution >= 0.6 is 0 Å². The highest BCUT2D eigenvalue weighted by molar-refractivity contribution is 7.92. The summed E-state index contributed by atoms with van der Waals surface area (Å²) in [6.07, 6.45) is -4.94. The van der Waals surface area contributed by atoms with Gasteiger partial charge < -0.3 is 10.2 Å². The lowest BCUT2D eigenvalue weighted by Crippen LogP contribution is -2.19. The maximum absolute atomic E-state index is 13.5. The number of phenols is 1. The highest BCUT2D eigenvalue weighted by atomic mass is 32.2. The zero-order chi connectivity index (χ0) is 22.1. The molecule has 0 aliphatic rings. The summed E-state index contributed by atoms with van der Waals surface area (Å²) >= 11 is 0. The minimum Gasteiger partial charge on any atom is -0.507 e. The van der Waals surface area contributed by atoms with Crippen LogP contribution in [0.2, 0.25) is 0 Å². The van der Waals surface area contributed by atoms with Gasteiger partial charge in [-0.2, -0.15) is 13.2 Å². The van der Waals surface area contributed by atoms with Crippen LogP contribution in [-0.4, -0.2) is 24.6 Å². The van der Waals surface area contributed by atoms with E-state index in [0.29, 0.717) is 11.6 Å². The predicted molar refractivity (Wildman–Crippen MR) is 103 cm³/mol. The fourth-order valence-corrected chi connectivity index (χ4v) is 4.08. The Morgan fingerprint density at radius 2 is 1.57 bits per heavy atom. The number of aromatic carboxylic acids is 1. The lowest BCUT2D eigenvalue weighted by Gasteiger charge is -2.16. The largest absolute Gasteiger partial charge is 0.507 e. The van der Waals surface area contributed by atoms with E-state index in [4.69, 9.17) is 5.11 Å². The summed E-state index contributed by atoms with van der Waals surface area (Å²) in [5.41, 5.74) is -1.36. The number of carbonyl (C=O) groups is 1. The Hall–Kier alpha value is -3.53. The summed E-state index contributed by atoms with van der Waals surface area (Å²) in [6, 6.07) is 13.8. The van der Waals surface area contributed by atoms with Crippen molar-refractivity contribution < 1.29 is 36.6 Å². The van der Waals surface area contributed by atoms with Gasteiger partial charge in [0.1, 0.15) is 16.2 Å². The number of alkyl halides is 3. The number of halogens is 3. The van der Waals surface area contributed by atoms with E-state index in [1.54, 1.807) is 30.3 Å². The van der Waals surface area contributed by atoms with Gasteiger partial charge in [-0.3, -0.25) is 4.72 Å². The molecular formula is C20H14F3NO5S. The standard InChI is InChI=1S/C20H14F3NO5S/c21-20(22,23)16-9-6-13(12-4-2-1-3-5-12)10-18(16)30(28,29)24-14-7-8-15(19(26)27)17(25)11-14/h1-11,24-25H,(H,26,27). The minimum absolute atomic E-state index is 0.257. The van der Waals surface area contributed by atoms with Gasteiger partial charge in [0.2, 0.25) is 0 Å². The second kappa shape index (κ2) is 7.71. The van der Waals surface area contributed by atoms with Gasteiger partial charge in [-0.05, 0) is 35.4 Å². The van der Waals surface area contributed by atoms with Crippen LogP contribution in [0.1, 0.15) is 15.9 Å². The summed E-state index contributed by atoms with van der Waals surface area (Å²) in [7, 11) is -4.74. The van der Waals surface area contributed by atoms with Gasteiger partial charge in [0, 0.05) is 6.07 Å². The van der Waals surface area contributed by atoms with Crippen molar-refractivity contribution in [1.82, 2.24) is 0 Å². The molecule has 3 aromatic rings. The molecule has 0 aromatic heterocycles. The number of rotatable bonds is 5. The molecule has 156 valence electrons. The van der Waals surface area contributed by atoms with E-state index in [1.807, 2.05) is 4.72 Å². The van der Waals surface area contributed by atoms with E-state index in [9.17, 15) is 31.5 Å². The summed E-state index contributed by atoms with van der Waals surface area (Å²) in [4.78, 5) is 9.94. The summed E-state index contributed by atoms with van der Waals surface area (Å²) in [5, 5.41) is 18.6.